The highest BCUT2D eigenvalue weighted by atomic mass is 32.1. The molecule has 1 heterocycles. The van der Waals surface area contributed by atoms with E-state index in [1.165, 1.54) is 22.5 Å². The molecule has 0 saturated heterocycles. The molecular weight excluding hydrogens is 380 g/mol. The van der Waals surface area contributed by atoms with Gasteiger partial charge in [0.05, 0.1) is 12.1 Å². The Kier molecular flexibility index (Phi) is 7.04. The molecule has 1 atom stereocenters. The van der Waals surface area contributed by atoms with Gasteiger partial charge in [0.25, 0.3) is 0 Å². The number of thiazole rings is 1. The van der Waals surface area contributed by atoms with E-state index in [2.05, 4.69) is 48.4 Å². The molecule has 3 rings (SSSR count). The third kappa shape index (κ3) is 5.91. The second-order valence-corrected chi connectivity index (χ2v) is 8.39. The molecule has 29 heavy (non-hydrogen) atoms. The number of aromatic nitrogens is 1. The van der Waals surface area contributed by atoms with Gasteiger partial charge in [0.15, 0.2) is 0 Å². The molecule has 3 aromatic rings. The van der Waals surface area contributed by atoms with Crippen molar-refractivity contribution in [2.75, 3.05) is 5.32 Å². The molecule has 1 N–H and O–H groups in total. The smallest absolute Gasteiger partial charge is 0.230 e. The third-order valence-corrected chi connectivity index (χ3v) is 5.88. The summed E-state index contributed by atoms with van der Waals surface area (Å²) in [5, 5.41) is 5.74. The van der Waals surface area contributed by atoms with Crippen molar-refractivity contribution in [1.82, 2.24) is 4.98 Å². The molecule has 1 amide bonds. The molecule has 1 unspecified atom stereocenters. The molecule has 0 bridgehead atoms. The van der Waals surface area contributed by atoms with Gasteiger partial charge in [-0.15, -0.1) is 11.3 Å². The van der Waals surface area contributed by atoms with Crippen molar-refractivity contribution >= 4 is 22.9 Å². The van der Waals surface area contributed by atoms with Crippen LogP contribution in [0.15, 0.2) is 47.8 Å². The van der Waals surface area contributed by atoms with Gasteiger partial charge in [0.1, 0.15) is 17.4 Å². The predicted octanol–water partition coefficient (Wildman–Crippen LogP) is 6.03. The Balaban J connectivity index is 1.52. The van der Waals surface area contributed by atoms with Gasteiger partial charge in [-0.25, -0.2) is 4.98 Å². The normalized spacial score (nSPS) is 11.9. The van der Waals surface area contributed by atoms with Crippen molar-refractivity contribution in [3.63, 3.8) is 0 Å². The Morgan fingerprint density at radius 2 is 1.93 bits per heavy atom. The number of hydrogen-bond acceptors (Lipinski definition) is 4. The van der Waals surface area contributed by atoms with Crippen molar-refractivity contribution in [2.24, 2.45) is 0 Å². The van der Waals surface area contributed by atoms with E-state index in [4.69, 9.17) is 4.74 Å². The summed E-state index contributed by atoms with van der Waals surface area (Å²) in [6, 6.07) is 14.2. The fourth-order valence-corrected chi connectivity index (χ4v) is 3.70. The van der Waals surface area contributed by atoms with Crippen LogP contribution in [0.3, 0.4) is 0 Å². The summed E-state index contributed by atoms with van der Waals surface area (Å²) in [5.74, 6) is 1.34. The number of benzene rings is 2. The van der Waals surface area contributed by atoms with Crippen LogP contribution in [0.4, 0.5) is 5.69 Å². The maximum absolute atomic E-state index is 12.3. The van der Waals surface area contributed by atoms with Crippen LogP contribution in [-0.4, -0.2) is 10.9 Å². The monoisotopic (exact) mass is 408 g/mol. The van der Waals surface area contributed by atoms with Crippen LogP contribution in [0.1, 0.15) is 53.6 Å². The molecule has 0 aliphatic carbocycles. The lowest BCUT2D eigenvalue weighted by Gasteiger charge is -2.10. The van der Waals surface area contributed by atoms with Crippen molar-refractivity contribution in [1.29, 1.82) is 0 Å². The minimum Gasteiger partial charge on any atom is -0.486 e. The van der Waals surface area contributed by atoms with E-state index in [0.29, 0.717) is 12.5 Å². The number of aryl methyl sites for hydroxylation is 2. The molecule has 0 fully saturated rings. The Morgan fingerprint density at radius 1 is 1.17 bits per heavy atom. The SMILES string of the molecule is CCC(C)c1ccc(NC(=O)Cc2csc(COc3cc(C)ccc3C)n2)cc1. The number of nitrogens with zero attached hydrogens (tertiary/aromatic N) is 1. The van der Waals surface area contributed by atoms with Gasteiger partial charge < -0.3 is 10.1 Å². The lowest BCUT2D eigenvalue weighted by molar-refractivity contribution is -0.115. The lowest BCUT2D eigenvalue weighted by Crippen LogP contribution is -2.14. The first-order valence-corrected chi connectivity index (χ1v) is 10.9. The largest absolute Gasteiger partial charge is 0.486 e. The van der Waals surface area contributed by atoms with Crippen LogP contribution >= 0.6 is 11.3 Å². The highest BCUT2D eigenvalue weighted by Crippen LogP contribution is 2.22. The number of amides is 1. The summed E-state index contributed by atoms with van der Waals surface area (Å²) < 4.78 is 5.90. The first-order chi connectivity index (χ1) is 13.9. The average molecular weight is 409 g/mol. The number of carbonyl (C=O) groups excluding carboxylic acids is 1. The molecule has 1 aromatic heterocycles. The molecule has 0 radical (unpaired) electrons. The van der Waals surface area contributed by atoms with E-state index in [1.807, 2.05) is 37.4 Å². The van der Waals surface area contributed by atoms with Gasteiger partial charge in [-0.3, -0.25) is 4.79 Å². The minimum absolute atomic E-state index is 0.0615. The van der Waals surface area contributed by atoms with E-state index in [0.717, 1.165) is 34.1 Å². The average Bonchev–Trinajstić information content (AvgIpc) is 3.15. The zero-order valence-electron chi connectivity index (χ0n) is 17.5. The van der Waals surface area contributed by atoms with Crippen LogP contribution in [0, 0.1) is 13.8 Å². The first-order valence-electron chi connectivity index (χ1n) is 9.97. The Bertz CT molecular complexity index is 963. The van der Waals surface area contributed by atoms with E-state index in [9.17, 15) is 4.79 Å². The van der Waals surface area contributed by atoms with Crippen LogP contribution in [0.2, 0.25) is 0 Å². The molecular formula is C24H28N2O2S. The van der Waals surface area contributed by atoms with E-state index < -0.39 is 0 Å². The van der Waals surface area contributed by atoms with Gasteiger partial charge in [-0.2, -0.15) is 0 Å². The molecule has 4 nitrogen and oxygen atoms in total. The van der Waals surface area contributed by atoms with Crippen molar-refractivity contribution in [3.8, 4) is 5.75 Å². The van der Waals surface area contributed by atoms with Crippen molar-refractivity contribution in [3.05, 3.63) is 75.2 Å². The van der Waals surface area contributed by atoms with Crippen molar-refractivity contribution in [2.45, 2.75) is 53.1 Å². The standard InChI is InChI=1S/C24H28N2O2S/c1-5-17(3)19-8-10-20(11-9-19)25-23(27)13-21-15-29-24(26-21)14-28-22-12-16(2)6-7-18(22)4/h6-12,15,17H,5,13-14H2,1-4H3,(H,25,27). The summed E-state index contributed by atoms with van der Waals surface area (Å²) in [7, 11) is 0. The topological polar surface area (TPSA) is 51.2 Å². The molecule has 2 aromatic carbocycles. The predicted molar refractivity (Wildman–Crippen MR) is 120 cm³/mol. The molecule has 0 aliphatic heterocycles. The Labute approximate surface area is 177 Å². The van der Waals surface area contributed by atoms with Crippen LogP contribution < -0.4 is 10.1 Å². The highest BCUT2D eigenvalue weighted by Gasteiger charge is 2.10. The van der Waals surface area contributed by atoms with Gasteiger partial charge in [-0.1, -0.05) is 38.1 Å². The number of rotatable bonds is 8. The number of nitrogens with one attached hydrogen (secondary N) is 1. The maximum atomic E-state index is 12.3. The fraction of sp³-hybridized carbons (Fsp3) is 0.333. The summed E-state index contributed by atoms with van der Waals surface area (Å²) in [4.78, 5) is 16.9. The van der Waals surface area contributed by atoms with E-state index in [1.54, 1.807) is 0 Å². The molecule has 152 valence electrons. The number of hydrogen-bond donors (Lipinski definition) is 1. The second kappa shape index (κ2) is 9.70. The molecule has 0 saturated carbocycles. The van der Waals surface area contributed by atoms with Crippen LogP contribution in [-0.2, 0) is 17.8 Å². The quantitative estimate of drug-likeness (QED) is 0.495. The molecule has 0 aliphatic rings. The zero-order chi connectivity index (χ0) is 20.8. The summed E-state index contributed by atoms with van der Waals surface area (Å²) in [6.07, 6.45) is 1.36. The number of ether oxygens (including phenoxy) is 1. The minimum atomic E-state index is -0.0615. The third-order valence-electron chi connectivity index (χ3n) is 5.01. The van der Waals surface area contributed by atoms with Gasteiger partial charge in [-0.05, 0) is 61.1 Å². The van der Waals surface area contributed by atoms with Crippen LogP contribution in [0.5, 0.6) is 5.75 Å². The zero-order valence-corrected chi connectivity index (χ0v) is 18.3. The van der Waals surface area contributed by atoms with Gasteiger partial charge in [0.2, 0.25) is 5.91 Å². The number of anilines is 1. The summed E-state index contributed by atoms with van der Waals surface area (Å²) in [6.45, 7) is 8.87. The Hall–Kier alpha value is -2.66. The Morgan fingerprint density at radius 3 is 2.66 bits per heavy atom. The second-order valence-electron chi connectivity index (χ2n) is 7.45. The number of carbonyl (C=O) groups is 1. The summed E-state index contributed by atoms with van der Waals surface area (Å²) in [5.41, 5.74) is 5.14. The first kappa shape index (κ1) is 21.1. The summed E-state index contributed by atoms with van der Waals surface area (Å²) >= 11 is 1.52. The maximum Gasteiger partial charge on any atom is 0.230 e. The van der Waals surface area contributed by atoms with Gasteiger partial charge >= 0.3 is 0 Å². The highest BCUT2D eigenvalue weighted by molar-refractivity contribution is 7.09. The molecule has 5 heteroatoms. The van der Waals surface area contributed by atoms with Gasteiger partial charge in [0, 0.05) is 11.1 Å². The van der Waals surface area contributed by atoms with Crippen LogP contribution in [0.25, 0.3) is 0 Å². The van der Waals surface area contributed by atoms with E-state index >= 15 is 0 Å². The van der Waals surface area contributed by atoms with Crippen molar-refractivity contribution < 1.29 is 9.53 Å². The lowest BCUT2D eigenvalue weighted by atomic mass is 9.99. The fourth-order valence-electron chi connectivity index (χ4n) is 3.00. The molecule has 0 spiro atoms. The van der Waals surface area contributed by atoms with E-state index in [-0.39, 0.29) is 12.3 Å².